The first-order valence-electron chi connectivity index (χ1n) is 5.41. The highest BCUT2D eigenvalue weighted by atomic mass is 35.5. The molecule has 0 fully saturated rings. The zero-order valence-corrected chi connectivity index (χ0v) is 10.7. The summed E-state index contributed by atoms with van der Waals surface area (Å²) in [6.07, 6.45) is -2.99. The Bertz CT molecular complexity index is 573. The number of hydrogen-bond donors (Lipinski definition) is 1. The summed E-state index contributed by atoms with van der Waals surface area (Å²) in [5.74, 6) is 0. The number of nitrogens with zero attached hydrogens (tertiary/aromatic N) is 2. The first-order chi connectivity index (χ1) is 8.80. The van der Waals surface area contributed by atoms with Gasteiger partial charge in [-0.1, -0.05) is 23.7 Å². The molecule has 1 atom stereocenters. The summed E-state index contributed by atoms with van der Waals surface area (Å²) in [7, 11) is 1.63. The van der Waals surface area contributed by atoms with Gasteiger partial charge in [0.2, 0.25) is 0 Å². The minimum Gasteiger partial charge on any atom is -0.319 e. The van der Waals surface area contributed by atoms with Crippen LogP contribution in [0.1, 0.15) is 22.9 Å². The summed E-state index contributed by atoms with van der Waals surface area (Å²) in [4.78, 5) is 0. The standard InChI is InChI=1S/C12H11ClF3N3/c1-19-11(9(13)6-18-19)10(17)7-3-2-4-8(5-7)12(14,15)16/h2-6,10H,17H2,1H3. The quantitative estimate of drug-likeness (QED) is 0.923. The summed E-state index contributed by atoms with van der Waals surface area (Å²) < 4.78 is 39.4. The molecule has 0 radical (unpaired) electrons. The molecule has 0 aliphatic heterocycles. The molecule has 0 spiro atoms. The van der Waals surface area contributed by atoms with E-state index in [1.54, 1.807) is 7.05 Å². The highest BCUT2D eigenvalue weighted by molar-refractivity contribution is 6.31. The monoisotopic (exact) mass is 289 g/mol. The molecular formula is C12H11ClF3N3. The number of alkyl halides is 3. The lowest BCUT2D eigenvalue weighted by atomic mass is 10.0. The Morgan fingerprint density at radius 1 is 1.37 bits per heavy atom. The van der Waals surface area contributed by atoms with Crippen LogP contribution in [0.4, 0.5) is 13.2 Å². The number of aromatic nitrogens is 2. The molecule has 2 aromatic rings. The molecule has 3 nitrogen and oxygen atoms in total. The fourth-order valence-corrected chi connectivity index (χ4v) is 2.12. The van der Waals surface area contributed by atoms with Gasteiger partial charge in [-0.2, -0.15) is 18.3 Å². The lowest BCUT2D eigenvalue weighted by Gasteiger charge is -2.15. The van der Waals surface area contributed by atoms with Crippen molar-refractivity contribution in [3.63, 3.8) is 0 Å². The van der Waals surface area contributed by atoms with Gasteiger partial charge in [-0.05, 0) is 17.7 Å². The predicted octanol–water partition coefficient (Wildman–Crippen LogP) is 3.14. The van der Waals surface area contributed by atoms with Gasteiger partial charge in [-0.15, -0.1) is 0 Å². The van der Waals surface area contributed by atoms with Crippen LogP contribution >= 0.6 is 11.6 Å². The van der Waals surface area contributed by atoms with Gasteiger partial charge in [0.25, 0.3) is 0 Å². The van der Waals surface area contributed by atoms with E-state index in [1.807, 2.05) is 0 Å². The molecular weight excluding hydrogens is 279 g/mol. The van der Waals surface area contributed by atoms with E-state index in [9.17, 15) is 13.2 Å². The number of rotatable bonds is 2. The molecule has 0 saturated heterocycles. The molecule has 0 bridgehead atoms. The Hall–Kier alpha value is -1.53. The van der Waals surface area contributed by atoms with Gasteiger partial charge in [-0.3, -0.25) is 4.68 Å². The highest BCUT2D eigenvalue weighted by Crippen LogP contribution is 2.32. The minimum absolute atomic E-state index is 0.326. The average Bonchev–Trinajstić information content (AvgIpc) is 2.67. The molecule has 0 saturated carbocycles. The van der Waals surface area contributed by atoms with Crippen molar-refractivity contribution in [1.82, 2.24) is 9.78 Å². The van der Waals surface area contributed by atoms with E-state index < -0.39 is 17.8 Å². The third-order valence-corrected chi connectivity index (χ3v) is 3.10. The van der Waals surface area contributed by atoms with E-state index in [-0.39, 0.29) is 0 Å². The van der Waals surface area contributed by atoms with Crippen LogP contribution < -0.4 is 5.73 Å². The zero-order valence-electron chi connectivity index (χ0n) is 9.95. The molecule has 1 aromatic heterocycles. The molecule has 2 N–H and O–H groups in total. The van der Waals surface area contributed by atoms with Crippen LogP contribution in [-0.2, 0) is 13.2 Å². The van der Waals surface area contributed by atoms with Crippen LogP contribution in [0.3, 0.4) is 0 Å². The largest absolute Gasteiger partial charge is 0.416 e. The molecule has 102 valence electrons. The first-order valence-corrected chi connectivity index (χ1v) is 5.78. The molecule has 0 aliphatic rings. The fraction of sp³-hybridized carbons (Fsp3) is 0.250. The van der Waals surface area contributed by atoms with Crippen molar-refractivity contribution >= 4 is 11.6 Å². The van der Waals surface area contributed by atoms with Gasteiger partial charge in [0, 0.05) is 7.05 Å². The van der Waals surface area contributed by atoms with Crippen molar-refractivity contribution in [1.29, 1.82) is 0 Å². The van der Waals surface area contributed by atoms with Crippen molar-refractivity contribution in [3.05, 3.63) is 52.3 Å². The highest BCUT2D eigenvalue weighted by Gasteiger charge is 2.31. The summed E-state index contributed by atoms with van der Waals surface area (Å²) in [5.41, 5.74) is 6.03. The Labute approximate surface area is 112 Å². The normalized spacial score (nSPS) is 13.6. The molecule has 7 heteroatoms. The summed E-state index contributed by atoms with van der Waals surface area (Å²) in [6, 6.07) is 4.11. The molecule has 1 heterocycles. The Balaban J connectivity index is 2.43. The van der Waals surface area contributed by atoms with Crippen molar-refractivity contribution in [2.45, 2.75) is 12.2 Å². The maximum Gasteiger partial charge on any atom is 0.416 e. The van der Waals surface area contributed by atoms with Crippen LogP contribution in [0.15, 0.2) is 30.5 Å². The summed E-state index contributed by atoms with van der Waals surface area (Å²) >= 11 is 5.93. The smallest absolute Gasteiger partial charge is 0.319 e. The van der Waals surface area contributed by atoms with E-state index in [4.69, 9.17) is 17.3 Å². The van der Waals surface area contributed by atoms with Crippen molar-refractivity contribution < 1.29 is 13.2 Å². The van der Waals surface area contributed by atoms with Crippen LogP contribution in [0.5, 0.6) is 0 Å². The number of benzene rings is 1. The zero-order chi connectivity index (χ0) is 14.2. The van der Waals surface area contributed by atoms with E-state index in [2.05, 4.69) is 5.10 Å². The van der Waals surface area contributed by atoms with Crippen LogP contribution in [0, 0.1) is 0 Å². The lowest BCUT2D eigenvalue weighted by molar-refractivity contribution is -0.137. The summed E-state index contributed by atoms with van der Waals surface area (Å²) in [6.45, 7) is 0. The summed E-state index contributed by atoms with van der Waals surface area (Å²) in [5, 5.41) is 4.24. The van der Waals surface area contributed by atoms with E-state index >= 15 is 0 Å². The fourth-order valence-electron chi connectivity index (χ4n) is 1.84. The Morgan fingerprint density at radius 3 is 2.58 bits per heavy atom. The topological polar surface area (TPSA) is 43.8 Å². The maximum atomic E-state index is 12.6. The van der Waals surface area contributed by atoms with Gasteiger partial charge in [0.05, 0.1) is 28.5 Å². The number of nitrogens with two attached hydrogens (primary N) is 1. The first kappa shape index (κ1) is 13.9. The van der Waals surface area contributed by atoms with E-state index in [1.165, 1.54) is 23.0 Å². The third-order valence-electron chi connectivity index (χ3n) is 2.81. The van der Waals surface area contributed by atoms with E-state index in [0.29, 0.717) is 16.3 Å². The number of halogens is 4. The van der Waals surface area contributed by atoms with Gasteiger partial charge in [0.1, 0.15) is 0 Å². The lowest BCUT2D eigenvalue weighted by Crippen LogP contribution is -2.17. The van der Waals surface area contributed by atoms with Crippen LogP contribution in [-0.4, -0.2) is 9.78 Å². The van der Waals surface area contributed by atoms with Crippen LogP contribution in [0.25, 0.3) is 0 Å². The van der Waals surface area contributed by atoms with Gasteiger partial charge >= 0.3 is 6.18 Å². The minimum atomic E-state index is -4.40. The number of hydrogen-bond acceptors (Lipinski definition) is 2. The Morgan fingerprint density at radius 2 is 2.05 bits per heavy atom. The van der Waals surface area contributed by atoms with Gasteiger partial charge < -0.3 is 5.73 Å². The third kappa shape index (κ3) is 2.74. The maximum absolute atomic E-state index is 12.6. The molecule has 1 aromatic carbocycles. The molecule has 1 unspecified atom stereocenters. The number of aryl methyl sites for hydroxylation is 1. The molecule has 0 amide bonds. The van der Waals surface area contributed by atoms with Crippen molar-refractivity contribution in [2.75, 3.05) is 0 Å². The second-order valence-corrected chi connectivity index (χ2v) is 4.51. The molecule has 0 aliphatic carbocycles. The second kappa shape index (κ2) is 4.86. The average molecular weight is 290 g/mol. The second-order valence-electron chi connectivity index (χ2n) is 4.10. The van der Waals surface area contributed by atoms with Crippen molar-refractivity contribution in [2.24, 2.45) is 12.8 Å². The van der Waals surface area contributed by atoms with Gasteiger partial charge in [0.15, 0.2) is 0 Å². The van der Waals surface area contributed by atoms with Crippen LogP contribution in [0.2, 0.25) is 5.02 Å². The molecule has 19 heavy (non-hydrogen) atoms. The van der Waals surface area contributed by atoms with Crippen molar-refractivity contribution in [3.8, 4) is 0 Å². The van der Waals surface area contributed by atoms with E-state index in [0.717, 1.165) is 12.1 Å². The predicted molar refractivity (Wildman–Crippen MR) is 65.7 cm³/mol. The SMILES string of the molecule is Cn1ncc(Cl)c1C(N)c1cccc(C(F)(F)F)c1. The van der Waals surface area contributed by atoms with Gasteiger partial charge in [-0.25, -0.2) is 0 Å². The Kier molecular flexibility index (Phi) is 3.56. The molecule has 2 rings (SSSR count).